The molecule has 3 amide bonds. The number of rotatable bonds is 8. The Bertz CT molecular complexity index is 907. The molecule has 0 radical (unpaired) electrons. The van der Waals surface area contributed by atoms with Gasteiger partial charge in [-0.3, -0.25) is 9.88 Å². The fourth-order valence-electron chi connectivity index (χ4n) is 3.13. The fourth-order valence-corrected chi connectivity index (χ4v) is 3.13. The zero-order valence-electron chi connectivity index (χ0n) is 17.3. The van der Waals surface area contributed by atoms with E-state index in [1.54, 1.807) is 0 Å². The number of aliphatic hydroxyl groups is 2. The van der Waals surface area contributed by atoms with Crippen molar-refractivity contribution in [1.29, 1.82) is 0 Å². The largest absolute Gasteiger partial charge is 0.439 e. The highest BCUT2D eigenvalue weighted by molar-refractivity contribution is 5.95. The summed E-state index contributed by atoms with van der Waals surface area (Å²) in [4.78, 5) is 36.6. The van der Waals surface area contributed by atoms with E-state index in [-0.39, 0.29) is 11.3 Å². The van der Waals surface area contributed by atoms with Crippen LogP contribution in [0, 0.1) is 0 Å². The molecule has 2 aromatic rings. The third kappa shape index (κ3) is 5.00. The Morgan fingerprint density at radius 1 is 1.19 bits per heavy atom. The molecule has 13 nitrogen and oxygen atoms in total. The van der Waals surface area contributed by atoms with E-state index >= 15 is 0 Å². The lowest BCUT2D eigenvalue weighted by atomic mass is 10.1. The number of aliphatic hydroxyl groups excluding tert-OH is 2. The molecule has 3 heterocycles. The lowest BCUT2D eigenvalue weighted by Crippen LogP contribution is -2.39. The maximum atomic E-state index is 12.1. The highest BCUT2D eigenvalue weighted by atomic mass is 16.6. The van der Waals surface area contributed by atoms with Gasteiger partial charge >= 0.3 is 12.1 Å². The summed E-state index contributed by atoms with van der Waals surface area (Å²) >= 11 is 0. The summed E-state index contributed by atoms with van der Waals surface area (Å²) in [6, 6.07) is -0.432. The molecule has 1 saturated heterocycles. The van der Waals surface area contributed by atoms with E-state index in [1.165, 1.54) is 17.2 Å². The maximum Gasteiger partial charge on any atom is 0.407 e. The molecular formula is C18H27N7O6. The number of hydrogen-bond donors (Lipinski definition) is 5. The monoisotopic (exact) mass is 437 g/mol. The van der Waals surface area contributed by atoms with Gasteiger partial charge in [0.1, 0.15) is 18.5 Å². The summed E-state index contributed by atoms with van der Waals surface area (Å²) in [7, 11) is 0. The number of aromatic nitrogens is 4. The molecule has 0 spiro atoms. The van der Waals surface area contributed by atoms with E-state index in [1.807, 2.05) is 13.8 Å². The number of anilines is 1. The lowest BCUT2D eigenvalue weighted by Gasteiger charge is -2.22. The SMILES string of the molecule is CCCNC(=O)Nc1ncnc2c1ncn2[C@@H]1O[C@H](CO)[C@@H](O)[C@H]1OC(=O)NCCC. The molecule has 1 aliphatic heterocycles. The van der Waals surface area contributed by atoms with Gasteiger partial charge in [0.25, 0.3) is 0 Å². The minimum atomic E-state index is -1.26. The molecule has 0 bridgehead atoms. The quantitative estimate of drug-likeness (QED) is 0.384. The van der Waals surface area contributed by atoms with Crippen LogP contribution in [-0.2, 0) is 9.47 Å². The van der Waals surface area contributed by atoms with Gasteiger partial charge in [0.2, 0.25) is 0 Å². The molecule has 0 aromatic carbocycles. The molecule has 0 aliphatic carbocycles. The second-order valence-corrected chi connectivity index (χ2v) is 6.96. The number of fused-ring (bicyclic) bond motifs is 1. The summed E-state index contributed by atoms with van der Waals surface area (Å²) in [6.45, 7) is 4.27. The van der Waals surface area contributed by atoms with Gasteiger partial charge in [0.05, 0.1) is 12.9 Å². The van der Waals surface area contributed by atoms with Gasteiger partial charge in [-0.05, 0) is 12.8 Å². The molecule has 31 heavy (non-hydrogen) atoms. The van der Waals surface area contributed by atoms with Crippen molar-refractivity contribution in [2.24, 2.45) is 0 Å². The third-order valence-electron chi connectivity index (χ3n) is 4.66. The van der Waals surface area contributed by atoms with Gasteiger partial charge < -0.3 is 30.3 Å². The van der Waals surface area contributed by atoms with Crippen LogP contribution in [0.5, 0.6) is 0 Å². The highest BCUT2D eigenvalue weighted by Crippen LogP contribution is 2.34. The van der Waals surface area contributed by atoms with Gasteiger partial charge in [-0.15, -0.1) is 0 Å². The highest BCUT2D eigenvalue weighted by Gasteiger charge is 2.47. The van der Waals surface area contributed by atoms with E-state index in [4.69, 9.17) is 9.47 Å². The zero-order chi connectivity index (χ0) is 22.4. The van der Waals surface area contributed by atoms with Crippen LogP contribution in [0.25, 0.3) is 11.2 Å². The Balaban J connectivity index is 1.87. The number of imidazole rings is 1. The standard InChI is InChI=1S/C18H27N7O6/c1-3-5-19-17(28)24-14-11-15(22-8-21-14)25(9-23-11)16-13(12(27)10(7-26)30-16)31-18(29)20-6-4-2/h8-10,12-13,16,26-27H,3-7H2,1-2H3,(H,20,29)(H2,19,21,22,24,28)/t10-,12-,13-,16-/m1/s1. The summed E-state index contributed by atoms with van der Waals surface area (Å²) in [5, 5.41) is 27.9. The number of carbonyl (C=O) groups excluding carboxylic acids is 2. The molecule has 1 fully saturated rings. The number of nitrogens with zero attached hydrogens (tertiary/aromatic N) is 4. The first-order valence-corrected chi connectivity index (χ1v) is 10.1. The summed E-state index contributed by atoms with van der Waals surface area (Å²) < 4.78 is 12.6. The van der Waals surface area contributed by atoms with Crippen molar-refractivity contribution in [2.45, 2.75) is 51.2 Å². The lowest BCUT2D eigenvalue weighted by molar-refractivity contribution is -0.0529. The van der Waals surface area contributed by atoms with Crippen LogP contribution in [0.3, 0.4) is 0 Å². The van der Waals surface area contributed by atoms with Gasteiger partial charge in [-0.2, -0.15) is 0 Å². The number of hydrogen-bond acceptors (Lipinski definition) is 9. The number of nitrogens with one attached hydrogen (secondary N) is 3. The zero-order valence-corrected chi connectivity index (χ0v) is 17.3. The molecule has 170 valence electrons. The Hall–Kier alpha value is -3.03. The summed E-state index contributed by atoms with van der Waals surface area (Å²) in [5.41, 5.74) is 0.577. The Morgan fingerprint density at radius 2 is 1.94 bits per heavy atom. The van der Waals surface area contributed by atoms with Gasteiger partial charge in [0, 0.05) is 13.1 Å². The fraction of sp³-hybridized carbons (Fsp3) is 0.611. The minimum Gasteiger partial charge on any atom is -0.439 e. The van der Waals surface area contributed by atoms with Crippen LogP contribution < -0.4 is 16.0 Å². The smallest absolute Gasteiger partial charge is 0.407 e. The number of urea groups is 1. The van der Waals surface area contributed by atoms with Gasteiger partial charge in [0.15, 0.2) is 29.3 Å². The Morgan fingerprint density at radius 3 is 2.65 bits per heavy atom. The van der Waals surface area contributed by atoms with E-state index < -0.39 is 43.3 Å². The van der Waals surface area contributed by atoms with Crippen molar-refractivity contribution in [1.82, 2.24) is 30.2 Å². The van der Waals surface area contributed by atoms with Crippen molar-refractivity contribution in [3.63, 3.8) is 0 Å². The third-order valence-corrected chi connectivity index (χ3v) is 4.66. The molecule has 2 aromatic heterocycles. The Kier molecular flexibility index (Phi) is 7.55. The van der Waals surface area contributed by atoms with Gasteiger partial charge in [-0.25, -0.2) is 24.5 Å². The molecule has 4 atom stereocenters. The second-order valence-electron chi connectivity index (χ2n) is 6.96. The van der Waals surface area contributed by atoms with E-state index in [9.17, 15) is 19.8 Å². The average Bonchev–Trinajstić information content (AvgIpc) is 3.32. The molecular weight excluding hydrogens is 410 g/mol. The molecule has 5 N–H and O–H groups in total. The number of ether oxygens (including phenoxy) is 2. The predicted molar refractivity (Wildman–Crippen MR) is 108 cm³/mol. The van der Waals surface area contributed by atoms with Crippen LogP contribution >= 0.6 is 0 Å². The van der Waals surface area contributed by atoms with E-state index in [0.29, 0.717) is 25.2 Å². The number of alkyl carbamates (subject to hydrolysis) is 1. The van der Waals surface area contributed by atoms with Crippen LogP contribution in [0.1, 0.15) is 32.9 Å². The summed E-state index contributed by atoms with van der Waals surface area (Å²) in [6.07, 6.45) is -0.946. The van der Waals surface area contributed by atoms with Crippen molar-refractivity contribution in [3.8, 4) is 0 Å². The first-order valence-electron chi connectivity index (χ1n) is 10.1. The number of carbonyl (C=O) groups is 2. The molecule has 0 unspecified atom stereocenters. The topological polar surface area (TPSA) is 173 Å². The normalized spacial score (nSPS) is 23.0. The summed E-state index contributed by atoms with van der Waals surface area (Å²) in [5.74, 6) is 0.188. The van der Waals surface area contributed by atoms with Crippen LogP contribution in [0.2, 0.25) is 0 Å². The van der Waals surface area contributed by atoms with Crippen molar-refractivity contribution in [3.05, 3.63) is 12.7 Å². The van der Waals surface area contributed by atoms with Crippen LogP contribution in [-0.4, -0.2) is 79.9 Å². The Labute approximate surface area is 178 Å². The maximum absolute atomic E-state index is 12.1. The molecule has 0 saturated carbocycles. The minimum absolute atomic E-state index is 0.188. The number of amides is 3. The average molecular weight is 437 g/mol. The van der Waals surface area contributed by atoms with Gasteiger partial charge in [-0.1, -0.05) is 13.8 Å². The van der Waals surface area contributed by atoms with Crippen molar-refractivity contribution >= 4 is 29.1 Å². The first kappa shape index (κ1) is 22.7. The first-order chi connectivity index (χ1) is 15.0. The van der Waals surface area contributed by atoms with E-state index in [0.717, 1.165) is 6.42 Å². The van der Waals surface area contributed by atoms with E-state index in [2.05, 4.69) is 30.9 Å². The molecule has 13 heteroatoms. The van der Waals surface area contributed by atoms with Crippen molar-refractivity contribution < 1.29 is 29.3 Å². The van der Waals surface area contributed by atoms with Crippen LogP contribution in [0.15, 0.2) is 12.7 Å². The molecule has 3 rings (SSSR count). The van der Waals surface area contributed by atoms with Crippen LogP contribution in [0.4, 0.5) is 15.4 Å². The second kappa shape index (κ2) is 10.3. The van der Waals surface area contributed by atoms with Crippen molar-refractivity contribution in [2.75, 3.05) is 25.0 Å². The predicted octanol–water partition coefficient (Wildman–Crippen LogP) is 0.113. The molecule has 1 aliphatic rings.